The molecule has 2 aromatic heterocycles. The first kappa shape index (κ1) is 22.0. The van der Waals surface area contributed by atoms with Crippen molar-refractivity contribution in [2.45, 2.75) is 45.2 Å². The summed E-state index contributed by atoms with van der Waals surface area (Å²) >= 11 is 3.35. The molecule has 0 fully saturated rings. The molecule has 2 N–H and O–H groups in total. The van der Waals surface area contributed by atoms with Crippen molar-refractivity contribution in [3.63, 3.8) is 0 Å². The topological polar surface area (TPSA) is 54.0 Å². The maximum atomic E-state index is 12.9. The smallest absolute Gasteiger partial charge is 0.249 e. The third-order valence-corrected chi connectivity index (χ3v) is 8.34. The fraction of sp³-hybridized carbons (Fsp3) is 0.259. The van der Waals surface area contributed by atoms with Crippen LogP contribution in [0.5, 0.6) is 0 Å². The lowest BCUT2D eigenvalue weighted by molar-refractivity contribution is -0.111. The summed E-state index contributed by atoms with van der Waals surface area (Å²) in [7, 11) is 0. The second-order valence-corrected chi connectivity index (χ2v) is 11.7. The van der Waals surface area contributed by atoms with Crippen molar-refractivity contribution in [1.29, 1.82) is 0 Å². The highest BCUT2D eigenvalue weighted by Crippen LogP contribution is 2.50. The molecule has 0 atom stereocenters. The van der Waals surface area contributed by atoms with Gasteiger partial charge in [-0.3, -0.25) is 4.79 Å². The molecule has 0 spiro atoms. The van der Waals surface area contributed by atoms with Gasteiger partial charge >= 0.3 is 0 Å². The number of anilines is 1. The molecule has 168 valence electrons. The van der Waals surface area contributed by atoms with Gasteiger partial charge in [0.05, 0.1) is 10.2 Å². The second-order valence-electron chi connectivity index (χ2n) is 9.64. The highest BCUT2D eigenvalue weighted by atomic mass is 32.1. The van der Waals surface area contributed by atoms with Crippen LogP contribution in [-0.4, -0.2) is 16.4 Å². The minimum absolute atomic E-state index is 0.0580. The van der Waals surface area contributed by atoms with Crippen LogP contribution in [0, 0.1) is 0 Å². The van der Waals surface area contributed by atoms with E-state index in [-0.39, 0.29) is 17.0 Å². The lowest BCUT2D eigenvalue weighted by Crippen LogP contribution is -2.54. The fourth-order valence-electron chi connectivity index (χ4n) is 4.71. The van der Waals surface area contributed by atoms with Gasteiger partial charge in [0.1, 0.15) is 10.0 Å². The number of carbonyl (C=O) groups is 1. The van der Waals surface area contributed by atoms with E-state index in [1.165, 1.54) is 10.4 Å². The normalized spacial score (nSPS) is 16.7. The van der Waals surface area contributed by atoms with E-state index in [0.29, 0.717) is 0 Å². The minimum atomic E-state index is -0.198. The van der Waals surface area contributed by atoms with Crippen molar-refractivity contribution in [3.8, 4) is 10.6 Å². The Morgan fingerprint density at radius 1 is 1.03 bits per heavy atom. The van der Waals surface area contributed by atoms with E-state index in [2.05, 4.69) is 44.4 Å². The number of amides is 1. The minimum Gasteiger partial charge on any atom is -0.313 e. The molecule has 0 radical (unpaired) electrons. The molecule has 1 aliphatic heterocycles. The number of fused-ring (bicyclic) bond motifs is 2. The number of thiazole rings is 1. The Kier molecular flexibility index (Phi) is 5.47. The number of para-hydroxylation sites is 1. The lowest BCUT2D eigenvalue weighted by Gasteiger charge is -2.42. The predicted molar refractivity (Wildman–Crippen MR) is 141 cm³/mol. The zero-order chi connectivity index (χ0) is 23.2. The van der Waals surface area contributed by atoms with Crippen LogP contribution in [0.1, 0.15) is 43.7 Å². The zero-order valence-electron chi connectivity index (χ0n) is 19.2. The van der Waals surface area contributed by atoms with Crippen LogP contribution in [0.4, 0.5) is 5.00 Å². The molecule has 6 heteroatoms. The van der Waals surface area contributed by atoms with Crippen LogP contribution in [0.15, 0.2) is 60.7 Å². The number of benzene rings is 2. The van der Waals surface area contributed by atoms with Crippen molar-refractivity contribution in [1.82, 2.24) is 10.3 Å². The third kappa shape index (κ3) is 4.38. The third-order valence-electron chi connectivity index (χ3n) is 5.82. The van der Waals surface area contributed by atoms with Gasteiger partial charge in [-0.15, -0.1) is 22.7 Å². The maximum absolute atomic E-state index is 12.9. The Labute approximate surface area is 202 Å². The molecule has 4 aromatic rings. The molecule has 1 amide bonds. The van der Waals surface area contributed by atoms with Gasteiger partial charge in [0, 0.05) is 27.6 Å². The molecule has 33 heavy (non-hydrogen) atoms. The number of hydrogen-bond donors (Lipinski definition) is 2. The van der Waals surface area contributed by atoms with Gasteiger partial charge in [-0.25, -0.2) is 4.98 Å². The summed E-state index contributed by atoms with van der Waals surface area (Å²) in [4.78, 5) is 19.1. The number of carbonyl (C=O) groups excluding carboxylic acids is 1. The second kappa shape index (κ2) is 8.20. The summed E-state index contributed by atoms with van der Waals surface area (Å²) in [6.45, 7) is 8.90. The SMILES string of the molecule is CC1(C)Cc2c(sc(NC(=O)C=Cc3ccccc3)c2-c2nc3ccccc3s2)C(C)(C)N1. The molecule has 0 unspecified atom stereocenters. The van der Waals surface area contributed by atoms with E-state index in [9.17, 15) is 4.79 Å². The Morgan fingerprint density at radius 3 is 2.52 bits per heavy atom. The molecule has 1 aliphatic rings. The number of hydrogen-bond acceptors (Lipinski definition) is 5. The van der Waals surface area contributed by atoms with E-state index in [1.807, 2.05) is 54.6 Å². The van der Waals surface area contributed by atoms with Crippen molar-refractivity contribution < 1.29 is 4.79 Å². The fourth-order valence-corrected chi connectivity index (χ4v) is 7.10. The van der Waals surface area contributed by atoms with Crippen molar-refractivity contribution in [3.05, 3.63) is 76.7 Å². The number of nitrogens with one attached hydrogen (secondary N) is 2. The summed E-state index contributed by atoms with van der Waals surface area (Å²) in [5.74, 6) is -0.134. The molecule has 0 saturated carbocycles. The Morgan fingerprint density at radius 2 is 1.76 bits per heavy atom. The standard InChI is InChI=1S/C27H27N3OS2/c1-26(2)16-18-22(24-28-19-12-8-9-13-20(19)32-24)25(33-23(18)27(3,4)30-26)29-21(31)15-14-17-10-6-5-7-11-17/h5-15,30H,16H2,1-4H3,(H,29,31). The molecule has 0 bridgehead atoms. The van der Waals surface area contributed by atoms with Crippen LogP contribution in [0.25, 0.3) is 26.9 Å². The highest BCUT2D eigenvalue weighted by molar-refractivity contribution is 7.23. The van der Waals surface area contributed by atoms with Crippen LogP contribution in [0.2, 0.25) is 0 Å². The first-order valence-corrected chi connectivity index (χ1v) is 12.7. The van der Waals surface area contributed by atoms with Gasteiger partial charge in [0.15, 0.2) is 0 Å². The van der Waals surface area contributed by atoms with Crippen LogP contribution in [0.3, 0.4) is 0 Å². The molecule has 3 heterocycles. The zero-order valence-corrected chi connectivity index (χ0v) is 20.9. The molecular weight excluding hydrogens is 446 g/mol. The summed E-state index contributed by atoms with van der Waals surface area (Å²) in [5.41, 5.74) is 4.09. The summed E-state index contributed by atoms with van der Waals surface area (Å²) in [5, 5.41) is 8.78. The number of nitrogens with zero attached hydrogens (tertiary/aromatic N) is 1. The molecule has 4 nitrogen and oxygen atoms in total. The van der Waals surface area contributed by atoms with E-state index in [4.69, 9.17) is 4.98 Å². The molecule has 0 saturated heterocycles. The average molecular weight is 474 g/mol. The Hall–Kier alpha value is -2.80. The summed E-state index contributed by atoms with van der Waals surface area (Å²) < 4.78 is 1.15. The van der Waals surface area contributed by atoms with Crippen molar-refractivity contribution in [2.75, 3.05) is 5.32 Å². The van der Waals surface area contributed by atoms with Gasteiger partial charge in [-0.1, -0.05) is 42.5 Å². The quantitative estimate of drug-likeness (QED) is 0.319. The van der Waals surface area contributed by atoms with E-state index in [0.717, 1.165) is 37.8 Å². The lowest BCUT2D eigenvalue weighted by atomic mass is 9.81. The molecule has 2 aromatic carbocycles. The van der Waals surface area contributed by atoms with Gasteiger partial charge in [-0.05, 0) is 63.5 Å². The van der Waals surface area contributed by atoms with Crippen molar-refractivity contribution >= 4 is 49.9 Å². The first-order valence-electron chi connectivity index (χ1n) is 11.1. The number of rotatable bonds is 4. The Balaban J connectivity index is 1.59. The van der Waals surface area contributed by atoms with Crippen LogP contribution in [-0.2, 0) is 16.8 Å². The van der Waals surface area contributed by atoms with Crippen LogP contribution < -0.4 is 10.6 Å². The first-order chi connectivity index (χ1) is 15.7. The molecule has 0 aliphatic carbocycles. The number of thiophene rings is 1. The highest BCUT2D eigenvalue weighted by Gasteiger charge is 2.41. The summed E-state index contributed by atoms with van der Waals surface area (Å²) in [6.07, 6.45) is 4.32. The van der Waals surface area contributed by atoms with Crippen LogP contribution >= 0.6 is 22.7 Å². The number of aromatic nitrogens is 1. The van der Waals surface area contributed by atoms with E-state index >= 15 is 0 Å². The van der Waals surface area contributed by atoms with Crippen molar-refractivity contribution in [2.24, 2.45) is 0 Å². The maximum Gasteiger partial charge on any atom is 0.249 e. The average Bonchev–Trinajstić information content (AvgIpc) is 3.33. The Bertz CT molecular complexity index is 1330. The monoisotopic (exact) mass is 473 g/mol. The van der Waals surface area contributed by atoms with Gasteiger partial charge < -0.3 is 10.6 Å². The largest absolute Gasteiger partial charge is 0.313 e. The van der Waals surface area contributed by atoms with E-state index in [1.54, 1.807) is 28.7 Å². The molecular formula is C27H27N3OS2. The molecule has 5 rings (SSSR count). The van der Waals surface area contributed by atoms with Gasteiger partial charge in [-0.2, -0.15) is 0 Å². The summed E-state index contributed by atoms with van der Waals surface area (Å²) in [6, 6.07) is 18.1. The van der Waals surface area contributed by atoms with E-state index < -0.39 is 0 Å². The van der Waals surface area contributed by atoms with Gasteiger partial charge in [0.25, 0.3) is 0 Å². The van der Waals surface area contributed by atoms with Gasteiger partial charge in [0.2, 0.25) is 5.91 Å². The predicted octanol–water partition coefficient (Wildman–Crippen LogP) is 6.84.